The molecule has 2 aromatic heterocycles. The number of nitrogens with one attached hydrogen (secondary N) is 1. The summed E-state index contributed by atoms with van der Waals surface area (Å²) >= 11 is 6.00. The largest absolute Gasteiger partial charge is 0.367 e. The molecule has 1 aliphatic rings. The van der Waals surface area contributed by atoms with Crippen LogP contribution < -0.4 is 11.1 Å². The van der Waals surface area contributed by atoms with Crippen LogP contribution in [0, 0.1) is 0 Å². The standard InChI is InChI=1S/C13H18ClN5/c1-19-6-5-10-11(17-13(14)18-12(10)19)16-9-4-2-3-8(15)7-9/h5-6,8-9H,2-4,7,15H2,1H3,(H,16,17,18)/t8-,9+/m1/s1. The summed E-state index contributed by atoms with van der Waals surface area (Å²) in [4.78, 5) is 8.58. The predicted molar refractivity (Wildman–Crippen MR) is 77.4 cm³/mol. The van der Waals surface area contributed by atoms with E-state index in [1.165, 1.54) is 0 Å². The lowest BCUT2D eigenvalue weighted by Gasteiger charge is -2.27. The molecule has 0 radical (unpaired) electrons. The Bertz CT molecular complexity index is 594. The molecular weight excluding hydrogens is 262 g/mol. The van der Waals surface area contributed by atoms with Crippen molar-refractivity contribution in [3.05, 3.63) is 17.5 Å². The van der Waals surface area contributed by atoms with Crippen LogP contribution in [0.2, 0.25) is 5.28 Å². The second kappa shape index (κ2) is 4.98. The third-order valence-corrected chi connectivity index (χ3v) is 3.92. The molecule has 0 aliphatic heterocycles. The first kappa shape index (κ1) is 12.7. The van der Waals surface area contributed by atoms with Crippen LogP contribution in [0.4, 0.5) is 5.82 Å². The number of fused-ring (bicyclic) bond motifs is 1. The van der Waals surface area contributed by atoms with Gasteiger partial charge in [0.2, 0.25) is 5.28 Å². The number of aromatic nitrogens is 3. The van der Waals surface area contributed by atoms with Crippen molar-refractivity contribution in [2.75, 3.05) is 5.32 Å². The van der Waals surface area contributed by atoms with E-state index in [1.807, 2.05) is 23.9 Å². The summed E-state index contributed by atoms with van der Waals surface area (Å²) in [7, 11) is 1.95. The van der Waals surface area contributed by atoms with Gasteiger partial charge >= 0.3 is 0 Å². The van der Waals surface area contributed by atoms with E-state index >= 15 is 0 Å². The van der Waals surface area contributed by atoms with Gasteiger partial charge in [-0.15, -0.1) is 0 Å². The van der Waals surface area contributed by atoms with Crippen molar-refractivity contribution in [2.45, 2.75) is 37.8 Å². The molecule has 2 atom stereocenters. The molecule has 0 bridgehead atoms. The fourth-order valence-corrected chi connectivity index (χ4v) is 2.94. The number of halogens is 1. The molecule has 3 rings (SSSR count). The fraction of sp³-hybridized carbons (Fsp3) is 0.538. The van der Waals surface area contributed by atoms with Crippen molar-refractivity contribution in [1.82, 2.24) is 14.5 Å². The number of nitrogens with two attached hydrogens (primary N) is 1. The summed E-state index contributed by atoms with van der Waals surface area (Å²) in [5.74, 6) is 0.815. The van der Waals surface area contributed by atoms with Crippen LogP contribution in [-0.4, -0.2) is 26.6 Å². The van der Waals surface area contributed by atoms with Gasteiger partial charge < -0.3 is 15.6 Å². The van der Waals surface area contributed by atoms with E-state index in [0.717, 1.165) is 42.5 Å². The van der Waals surface area contributed by atoms with Crippen LogP contribution in [0.15, 0.2) is 12.3 Å². The highest BCUT2D eigenvalue weighted by molar-refractivity contribution is 6.28. The second-order valence-electron chi connectivity index (χ2n) is 5.27. The smallest absolute Gasteiger partial charge is 0.226 e. The van der Waals surface area contributed by atoms with Gasteiger partial charge in [0.1, 0.15) is 11.5 Å². The molecule has 1 aliphatic carbocycles. The van der Waals surface area contributed by atoms with Crippen molar-refractivity contribution >= 4 is 28.5 Å². The normalized spacial score (nSPS) is 23.7. The molecule has 2 heterocycles. The van der Waals surface area contributed by atoms with Crippen molar-refractivity contribution in [3.63, 3.8) is 0 Å². The van der Waals surface area contributed by atoms with Gasteiger partial charge in [0.25, 0.3) is 0 Å². The molecule has 5 nitrogen and oxygen atoms in total. The number of hydrogen-bond donors (Lipinski definition) is 2. The zero-order chi connectivity index (χ0) is 13.4. The summed E-state index contributed by atoms with van der Waals surface area (Å²) in [6.07, 6.45) is 6.35. The molecule has 0 aromatic carbocycles. The van der Waals surface area contributed by atoms with Crippen LogP contribution in [0.25, 0.3) is 11.0 Å². The average molecular weight is 280 g/mol. The molecule has 1 fully saturated rings. The predicted octanol–water partition coefficient (Wildman–Crippen LogP) is 2.30. The minimum Gasteiger partial charge on any atom is -0.367 e. The molecule has 2 aromatic rings. The van der Waals surface area contributed by atoms with Gasteiger partial charge in [0.05, 0.1) is 5.39 Å². The van der Waals surface area contributed by atoms with Crippen LogP contribution >= 0.6 is 11.6 Å². The first-order valence-electron chi connectivity index (χ1n) is 6.64. The zero-order valence-electron chi connectivity index (χ0n) is 10.9. The summed E-state index contributed by atoms with van der Waals surface area (Å²) in [6, 6.07) is 2.67. The second-order valence-corrected chi connectivity index (χ2v) is 5.61. The van der Waals surface area contributed by atoms with Gasteiger partial charge in [0, 0.05) is 25.3 Å². The number of hydrogen-bond acceptors (Lipinski definition) is 4. The van der Waals surface area contributed by atoms with E-state index in [4.69, 9.17) is 17.3 Å². The van der Waals surface area contributed by atoms with Gasteiger partial charge in [-0.25, -0.2) is 4.98 Å². The number of aryl methyl sites for hydroxylation is 1. The third-order valence-electron chi connectivity index (χ3n) is 3.75. The van der Waals surface area contributed by atoms with Gasteiger partial charge in [0.15, 0.2) is 0 Å². The molecule has 19 heavy (non-hydrogen) atoms. The zero-order valence-corrected chi connectivity index (χ0v) is 11.7. The van der Waals surface area contributed by atoms with Gasteiger partial charge in [-0.3, -0.25) is 0 Å². The topological polar surface area (TPSA) is 68.8 Å². The van der Waals surface area contributed by atoms with Crippen molar-refractivity contribution in [3.8, 4) is 0 Å². The minimum absolute atomic E-state index is 0.275. The van der Waals surface area contributed by atoms with Crippen molar-refractivity contribution in [1.29, 1.82) is 0 Å². The molecule has 0 spiro atoms. The molecule has 6 heteroatoms. The molecule has 0 unspecified atom stereocenters. The Kier molecular flexibility index (Phi) is 3.33. The highest BCUT2D eigenvalue weighted by Crippen LogP contribution is 2.26. The van der Waals surface area contributed by atoms with Crippen LogP contribution in [0.1, 0.15) is 25.7 Å². The Hall–Kier alpha value is -1.33. The Balaban J connectivity index is 1.91. The van der Waals surface area contributed by atoms with E-state index in [0.29, 0.717) is 6.04 Å². The van der Waals surface area contributed by atoms with Gasteiger partial charge in [-0.2, -0.15) is 4.98 Å². The molecular formula is C13H18ClN5. The first-order chi connectivity index (χ1) is 9.13. The molecule has 0 saturated heterocycles. The summed E-state index contributed by atoms with van der Waals surface area (Å²) in [5.41, 5.74) is 6.87. The van der Waals surface area contributed by atoms with E-state index in [-0.39, 0.29) is 11.3 Å². The van der Waals surface area contributed by atoms with Crippen LogP contribution in [0.3, 0.4) is 0 Å². The molecule has 1 saturated carbocycles. The lowest BCUT2D eigenvalue weighted by Crippen LogP contribution is -2.35. The first-order valence-corrected chi connectivity index (χ1v) is 7.02. The van der Waals surface area contributed by atoms with Crippen LogP contribution in [-0.2, 0) is 7.05 Å². The minimum atomic E-state index is 0.275. The number of nitrogens with zero attached hydrogens (tertiary/aromatic N) is 3. The maximum absolute atomic E-state index is 6.02. The van der Waals surface area contributed by atoms with E-state index in [9.17, 15) is 0 Å². The molecule has 0 amide bonds. The van der Waals surface area contributed by atoms with Crippen LogP contribution in [0.5, 0.6) is 0 Å². The third kappa shape index (κ3) is 2.53. The van der Waals surface area contributed by atoms with Crippen molar-refractivity contribution in [2.24, 2.45) is 12.8 Å². The summed E-state index contributed by atoms with van der Waals surface area (Å²) < 4.78 is 1.95. The number of anilines is 1. The van der Waals surface area contributed by atoms with Gasteiger partial charge in [-0.1, -0.05) is 0 Å². The van der Waals surface area contributed by atoms with E-state index in [2.05, 4.69) is 15.3 Å². The van der Waals surface area contributed by atoms with Gasteiger partial charge in [-0.05, 0) is 43.4 Å². The maximum Gasteiger partial charge on any atom is 0.226 e. The Morgan fingerprint density at radius 1 is 1.42 bits per heavy atom. The van der Waals surface area contributed by atoms with Crippen molar-refractivity contribution < 1.29 is 0 Å². The molecule has 3 N–H and O–H groups in total. The van der Waals surface area contributed by atoms with E-state index in [1.54, 1.807) is 0 Å². The quantitative estimate of drug-likeness (QED) is 0.828. The monoisotopic (exact) mass is 279 g/mol. The Morgan fingerprint density at radius 2 is 2.26 bits per heavy atom. The summed E-state index contributed by atoms with van der Waals surface area (Å²) in [5, 5.41) is 4.76. The highest BCUT2D eigenvalue weighted by atomic mass is 35.5. The summed E-state index contributed by atoms with van der Waals surface area (Å²) in [6.45, 7) is 0. The Labute approximate surface area is 117 Å². The molecule has 102 valence electrons. The highest BCUT2D eigenvalue weighted by Gasteiger charge is 2.20. The number of rotatable bonds is 2. The fourth-order valence-electron chi connectivity index (χ4n) is 2.77. The average Bonchev–Trinajstić information content (AvgIpc) is 2.71. The Morgan fingerprint density at radius 3 is 3.05 bits per heavy atom. The maximum atomic E-state index is 6.02. The lowest BCUT2D eigenvalue weighted by molar-refractivity contribution is 0.409. The SMILES string of the molecule is Cn1ccc2c(N[C@H]3CCC[C@@H](N)C3)nc(Cl)nc21. The van der Waals surface area contributed by atoms with E-state index < -0.39 is 0 Å². The lowest BCUT2D eigenvalue weighted by atomic mass is 9.91.